The molecule has 0 radical (unpaired) electrons. The lowest BCUT2D eigenvalue weighted by molar-refractivity contribution is 0.220. The molecule has 1 atom stereocenters. The van der Waals surface area contributed by atoms with Crippen LogP contribution >= 0.6 is 0 Å². The van der Waals surface area contributed by atoms with Crippen molar-refractivity contribution in [1.82, 2.24) is 10.2 Å². The summed E-state index contributed by atoms with van der Waals surface area (Å²) in [6.07, 6.45) is 1.17. The average molecular weight is 248 g/mol. The normalized spacial score (nSPS) is 13.2. The van der Waals surface area contributed by atoms with E-state index in [1.54, 1.807) is 0 Å². The number of nitrogens with one attached hydrogen (secondary N) is 1. The number of nitrogens with zero attached hydrogens (tertiary/aromatic N) is 1. The molecule has 1 unspecified atom stereocenters. The van der Waals surface area contributed by atoms with Gasteiger partial charge in [0.15, 0.2) is 0 Å². The van der Waals surface area contributed by atoms with Crippen molar-refractivity contribution in [1.29, 1.82) is 0 Å². The molecule has 0 aromatic heterocycles. The molecule has 0 saturated heterocycles. The van der Waals surface area contributed by atoms with Crippen LogP contribution in [0, 0.1) is 0 Å². The first-order valence-corrected chi connectivity index (χ1v) is 7.21. The predicted molar refractivity (Wildman–Crippen MR) is 79.9 cm³/mol. The lowest BCUT2D eigenvalue weighted by Gasteiger charge is -2.27. The molecule has 2 nitrogen and oxygen atoms in total. The molecule has 18 heavy (non-hydrogen) atoms. The SMILES string of the molecule is CCNC(CCN(CC)C(C)C)c1ccccc1. The van der Waals surface area contributed by atoms with Gasteiger partial charge in [0.05, 0.1) is 0 Å². The van der Waals surface area contributed by atoms with Crippen LogP contribution in [0.4, 0.5) is 0 Å². The molecule has 1 N–H and O–H groups in total. The molecule has 2 heteroatoms. The smallest absolute Gasteiger partial charge is 0.0332 e. The Kier molecular flexibility index (Phi) is 6.99. The van der Waals surface area contributed by atoms with E-state index < -0.39 is 0 Å². The van der Waals surface area contributed by atoms with Gasteiger partial charge < -0.3 is 10.2 Å². The van der Waals surface area contributed by atoms with Crippen LogP contribution in [-0.4, -0.2) is 30.6 Å². The fourth-order valence-corrected chi connectivity index (χ4v) is 2.39. The highest BCUT2D eigenvalue weighted by atomic mass is 15.1. The minimum Gasteiger partial charge on any atom is -0.310 e. The number of hydrogen-bond acceptors (Lipinski definition) is 2. The van der Waals surface area contributed by atoms with E-state index in [0.717, 1.165) is 19.6 Å². The lowest BCUT2D eigenvalue weighted by Crippen LogP contribution is -2.34. The van der Waals surface area contributed by atoms with Gasteiger partial charge in [-0.3, -0.25) is 0 Å². The lowest BCUT2D eigenvalue weighted by atomic mass is 10.0. The van der Waals surface area contributed by atoms with Gasteiger partial charge >= 0.3 is 0 Å². The van der Waals surface area contributed by atoms with E-state index in [2.05, 4.69) is 68.2 Å². The van der Waals surface area contributed by atoms with Gasteiger partial charge in [-0.15, -0.1) is 0 Å². The zero-order valence-corrected chi connectivity index (χ0v) is 12.3. The standard InChI is InChI=1S/C16H28N2/c1-5-17-16(15-10-8-7-9-11-15)12-13-18(6-2)14(3)4/h7-11,14,16-17H,5-6,12-13H2,1-4H3. The molecule has 0 fully saturated rings. The molecule has 1 aromatic rings. The van der Waals surface area contributed by atoms with E-state index in [1.807, 2.05) is 0 Å². The van der Waals surface area contributed by atoms with Crippen LogP contribution in [-0.2, 0) is 0 Å². The van der Waals surface area contributed by atoms with E-state index in [0.29, 0.717) is 12.1 Å². The maximum absolute atomic E-state index is 3.59. The summed E-state index contributed by atoms with van der Waals surface area (Å²) in [5, 5.41) is 3.59. The zero-order chi connectivity index (χ0) is 13.4. The highest BCUT2D eigenvalue weighted by Crippen LogP contribution is 2.17. The first kappa shape index (κ1) is 15.2. The Balaban J connectivity index is 2.58. The third-order valence-electron chi connectivity index (χ3n) is 3.49. The second-order valence-corrected chi connectivity index (χ2v) is 5.03. The molecular formula is C16H28N2. The van der Waals surface area contributed by atoms with Crippen molar-refractivity contribution < 1.29 is 0 Å². The zero-order valence-electron chi connectivity index (χ0n) is 12.3. The summed E-state index contributed by atoms with van der Waals surface area (Å²) in [7, 11) is 0. The van der Waals surface area contributed by atoms with Crippen molar-refractivity contribution in [2.75, 3.05) is 19.6 Å². The molecule has 1 aromatic carbocycles. The summed E-state index contributed by atoms with van der Waals surface area (Å²) in [4.78, 5) is 2.52. The third-order valence-corrected chi connectivity index (χ3v) is 3.49. The Morgan fingerprint density at radius 3 is 2.28 bits per heavy atom. The van der Waals surface area contributed by atoms with Crippen molar-refractivity contribution >= 4 is 0 Å². The van der Waals surface area contributed by atoms with Crippen LogP contribution in [0.3, 0.4) is 0 Å². The summed E-state index contributed by atoms with van der Waals surface area (Å²) < 4.78 is 0. The van der Waals surface area contributed by atoms with Crippen LogP contribution in [0.2, 0.25) is 0 Å². The summed E-state index contributed by atoms with van der Waals surface area (Å²) in [6, 6.07) is 11.9. The molecule has 0 aliphatic carbocycles. The van der Waals surface area contributed by atoms with Gasteiger partial charge in [0.25, 0.3) is 0 Å². The second-order valence-electron chi connectivity index (χ2n) is 5.03. The molecule has 0 saturated carbocycles. The van der Waals surface area contributed by atoms with Crippen LogP contribution in [0.25, 0.3) is 0 Å². The summed E-state index contributed by atoms with van der Waals surface area (Å²) in [5.41, 5.74) is 1.40. The summed E-state index contributed by atoms with van der Waals surface area (Å²) in [6.45, 7) is 12.3. The predicted octanol–water partition coefficient (Wildman–Crippen LogP) is 3.46. The van der Waals surface area contributed by atoms with E-state index in [4.69, 9.17) is 0 Å². The van der Waals surface area contributed by atoms with Gasteiger partial charge in [-0.1, -0.05) is 44.2 Å². The minimum absolute atomic E-state index is 0.476. The molecular weight excluding hydrogens is 220 g/mol. The highest BCUT2D eigenvalue weighted by Gasteiger charge is 2.13. The number of benzene rings is 1. The van der Waals surface area contributed by atoms with Gasteiger partial charge in [0, 0.05) is 18.6 Å². The van der Waals surface area contributed by atoms with Gasteiger partial charge in [-0.25, -0.2) is 0 Å². The molecule has 0 spiro atoms. The largest absolute Gasteiger partial charge is 0.310 e. The quantitative estimate of drug-likeness (QED) is 0.758. The molecule has 0 aliphatic heterocycles. The van der Waals surface area contributed by atoms with Gasteiger partial charge in [0.1, 0.15) is 0 Å². The van der Waals surface area contributed by atoms with E-state index in [9.17, 15) is 0 Å². The van der Waals surface area contributed by atoms with Crippen molar-refractivity contribution in [2.24, 2.45) is 0 Å². The Labute approximate surface area is 112 Å². The van der Waals surface area contributed by atoms with Crippen LogP contribution in [0.1, 0.15) is 45.7 Å². The Hall–Kier alpha value is -0.860. The van der Waals surface area contributed by atoms with Gasteiger partial charge in [-0.2, -0.15) is 0 Å². The highest BCUT2D eigenvalue weighted by molar-refractivity contribution is 5.18. The first-order valence-electron chi connectivity index (χ1n) is 7.21. The maximum atomic E-state index is 3.59. The number of rotatable bonds is 8. The fourth-order valence-electron chi connectivity index (χ4n) is 2.39. The average Bonchev–Trinajstić information content (AvgIpc) is 2.39. The molecule has 0 heterocycles. The second kappa shape index (κ2) is 8.28. The molecule has 0 aliphatic rings. The molecule has 0 amide bonds. The molecule has 0 bridgehead atoms. The Morgan fingerprint density at radius 1 is 1.11 bits per heavy atom. The van der Waals surface area contributed by atoms with Crippen molar-refractivity contribution in [3.05, 3.63) is 35.9 Å². The van der Waals surface area contributed by atoms with Crippen LogP contribution in [0.15, 0.2) is 30.3 Å². The Morgan fingerprint density at radius 2 is 1.78 bits per heavy atom. The van der Waals surface area contributed by atoms with E-state index in [-0.39, 0.29) is 0 Å². The van der Waals surface area contributed by atoms with Crippen LogP contribution < -0.4 is 5.32 Å². The summed E-state index contributed by atoms with van der Waals surface area (Å²) >= 11 is 0. The van der Waals surface area contributed by atoms with Gasteiger partial charge in [-0.05, 0) is 38.9 Å². The number of hydrogen-bond donors (Lipinski definition) is 1. The van der Waals surface area contributed by atoms with Gasteiger partial charge in [0.2, 0.25) is 0 Å². The maximum Gasteiger partial charge on any atom is 0.0332 e. The van der Waals surface area contributed by atoms with Crippen molar-refractivity contribution in [3.8, 4) is 0 Å². The monoisotopic (exact) mass is 248 g/mol. The van der Waals surface area contributed by atoms with Crippen molar-refractivity contribution in [3.63, 3.8) is 0 Å². The molecule has 102 valence electrons. The van der Waals surface area contributed by atoms with E-state index in [1.165, 1.54) is 12.0 Å². The van der Waals surface area contributed by atoms with Crippen LogP contribution in [0.5, 0.6) is 0 Å². The van der Waals surface area contributed by atoms with Crippen molar-refractivity contribution in [2.45, 2.75) is 46.2 Å². The third kappa shape index (κ3) is 4.79. The van der Waals surface area contributed by atoms with E-state index >= 15 is 0 Å². The summed E-state index contributed by atoms with van der Waals surface area (Å²) in [5.74, 6) is 0. The fraction of sp³-hybridized carbons (Fsp3) is 0.625. The topological polar surface area (TPSA) is 15.3 Å². The minimum atomic E-state index is 0.476. The first-order chi connectivity index (χ1) is 8.69. The Bertz CT molecular complexity index is 308. The molecule has 1 rings (SSSR count).